The fourth-order valence-corrected chi connectivity index (χ4v) is 1.96. The van der Waals surface area contributed by atoms with Crippen molar-refractivity contribution in [1.29, 1.82) is 0 Å². The van der Waals surface area contributed by atoms with Gasteiger partial charge in [0.15, 0.2) is 0 Å². The second-order valence-corrected chi connectivity index (χ2v) is 4.71. The van der Waals surface area contributed by atoms with E-state index in [4.69, 9.17) is 0 Å². The van der Waals surface area contributed by atoms with Crippen LogP contribution in [0, 0.1) is 0 Å². The summed E-state index contributed by atoms with van der Waals surface area (Å²) in [5.41, 5.74) is 1.15. The number of nitrogens with one attached hydrogen (secondary N) is 1. The predicted molar refractivity (Wildman–Crippen MR) is 67.4 cm³/mol. The van der Waals surface area contributed by atoms with Crippen LogP contribution in [-0.4, -0.2) is 12.2 Å². The first-order valence-electron chi connectivity index (χ1n) is 6.26. The lowest BCUT2D eigenvalue weighted by Gasteiger charge is -2.20. The Hall–Kier alpha value is -1.03. The molecule has 0 aliphatic heterocycles. The Kier molecular flexibility index (Phi) is 5.66. The standard InChI is InChI=1S/C14H20F3N/c1-11(7-6-10-14(15,16)17)18-12(2)13-8-4-3-5-9-13/h3-5,8-9,11-12,18H,6-7,10H2,1-2H3/t11?,12-/m0/s1. The van der Waals surface area contributed by atoms with Crippen molar-refractivity contribution in [2.24, 2.45) is 0 Å². The Morgan fingerprint density at radius 1 is 1.11 bits per heavy atom. The van der Waals surface area contributed by atoms with Gasteiger partial charge in [0, 0.05) is 18.5 Å². The maximum Gasteiger partial charge on any atom is 0.389 e. The third-order valence-corrected chi connectivity index (χ3v) is 2.93. The molecule has 0 amide bonds. The maximum absolute atomic E-state index is 12.0. The zero-order valence-electron chi connectivity index (χ0n) is 10.8. The highest BCUT2D eigenvalue weighted by Crippen LogP contribution is 2.23. The molecule has 0 bridgehead atoms. The van der Waals surface area contributed by atoms with E-state index in [0.717, 1.165) is 5.56 Å². The van der Waals surface area contributed by atoms with Crippen LogP contribution in [-0.2, 0) is 0 Å². The highest BCUT2D eigenvalue weighted by atomic mass is 19.4. The van der Waals surface area contributed by atoms with Crippen LogP contribution in [0.4, 0.5) is 13.2 Å². The van der Waals surface area contributed by atoms with Crippen LogP contribution in [0.15, 0.2) is 30.3 Å². The van der Waals surface area contributed by atoms with Crippen molar-refractivity contribution in [3.05, 3.63) is 35.9 Å². The van der Waals surface area contributed by atoms with Crippen LogP contribution in [0.1, 0.15) is 44.7 Å². The molecule has 1 nitrogen and oxygen atoms in total. The molecule has 0 saturated heterocycles. The van der Waals surface area contributed by atoms with Crippen LogP contribution in [0.2, 0.25) is 0 Å². The zero-order valence-corrected chi connectivity index (χ0v) is 10.8. The predicted octanol–water partition coefficient (Wildman–Crippen LogP) is 4.46. The van der Waals surface area contributed by atoms with E-state index in [1.54, 1.807) is 0 Å². The molecule has 0 heterocycles. The Balaban J connectivity index is 2.30. The minimum Gasteiger partial charge on any atom is -0.308 e. The van der Waals surface area contributed by atoms with Gasteiger partial charge in [-0.2, -0.15) is 13.2 Å². The summed E-state index contributed by atoms with van der Waals surface area (Å²) in [4.78, 5) is 0. The van der Waals surface area contributed by atoms with E-state index in [1.165, 1.54) is 0 Å². The van der Waals surface area contributed by atoms with Gasteiger partial charge in [-0.3, -0.25) is 0 Å². The van der Waals surface area contributed by atoms with Crippen molar-refractivity contribution in [3.8, 4) is 0 Å². The third-order valence-electron chi connectivity index (χ3n) is 2.93. The Morgan fingerprint density at radius 2 is 1.72 bits per heavy atom. The molecular formula is C14H20F3N. The summed E-state index contributed by atoms with van der Waals surface area (Å²) < 4.78 is 36.0. The van der Waals surface area contributed by atoms with E-state index in [-0.39, 0.29) is 18.5 Å². The molecule has 0 aromatic heterocycles. The largest absolute Gasteiger partial charge is 0.389 e. The maximum atomic E-state index is 12.0. The van der Waals surface area contributed by atoms with Gasteiger partial charge in [-0.1, -0.05) is 30.3 Å². The highest BCUT2D eigenvalue weighted by molar-refractivity contribution is 5.18. The number of benzene rings is 1. The molecule has 4 heteroatoms. The SMILES string of the molecule is CC(CCCC(F)(F)F)N[C@@H](C)c1ccccc1. The van der Waals surface area contributed by atoms with Crippen molar-refractivity contribution in [1.82, 2.24) is 5.32 Å². The van der Waals surface area contributed by atoms with E-state index >= 15 is 0 Å². The van der Waals surface area contributed by atoms with Gasteiger partial charge in [-0.15, -0.1) is 0 Å². The first-order valence-corrected chi connectivity index (χ1v) is 6.26. The topological polar surface area (TPSA) is 12.0 Å². The van der Waals surface area contributed by atoms with Crippen molar-refractivity contribution in [3.63, 3.8) is 0 Å². The number of hydrogen-bond acceptors (Lipinski definition) is 1. The summed E-state index contributed by atoms with van der Waals surface area (Å²) in [5.74, 6) is 0. The number of alkyl halides is 3. The van der Waals surface area contributed by atoms with Crippen LogP contribution in [0.25, 0.3) is 0 Å². The molecule has 102 valence electrons. The summed E-state index contributed by atoms with van der Waals surface area (Å²) in [6.45, 7) is 3.95. The van der Waals surface area contributed by atoms with E-state index < -0.39 is 12.6 Å². The molecule has 0 fully saturated rings. The molecule has 0 aliphatic rings. The van der Waals surface area contributed by atoms with Gasteiger partial charge in [0.2, 0.25) is 0 Å². The summed E-state index contributed by atoms with van der Waals surface area (Å²) >= 11 is 0. The second-order valence-electron chi connectivity index (χ2n) is 4.71. The number of rotatable bonds is 6. The Morgan fingerprint density at radius 3 is 2.28 bits per heavy atom. The lowest BCUT2D eigenvalue weighted by Crippen LogP contribution is -2.29. The Bertz CT molecular complexity index is 335. The third kappa shape index (κ3) is 6.05. The highest BCUT2D eigenvalue weighted by Gasteiger charge is 2.26. The van der Waals surface area contributed by atoms with Gasteiger partial charge in [0.25, 0.3) is 0 Å². The van der Waals surface area contributed by atoms with Gasteiger partial charge in [-0.05, 0) is 32.3 Å². The van der Waals surface area contributed by atoms with Gasteiger partial charge in [0.05, 0.1) is 0 Å². The van der Waals surface area contributed by atoms with Crippen molar-refractivity contribution in [2.45, 2.75) is 51.4 Å². The summed E-state index contributed by atoms with van der Waals surface area (Å²) in [5, 5.41) is 3.32. The number of hydrogen-bond donors (Lipinski definition) is 1. The normalized spacial score (nSPS) is 15.4. The number of halogens is 3. The van der Waals surface area contributed by atoms with Crippen LogP contribution in [0.3, 0.4) is 0 Å². The van der Waals surface area contributed by atoms with Crippen molar-refractivity contribution >= 4 is 0 Å². The first-order chi connectivity index (χ1) is 8.38. The second kappa shape index (κ2) is 6.78. The molecule has 0 saturated carbocycles. The first kappa shape index (κ1) is 15.0. The van der Waals surface area contributed by atoms with Crippen molar-refractivity contribution in [2.75, 3.05) is 0 Å². The van der Waals surface area contributed by atoms with Gasteiger partial charge >= 0.3 is 6.18 Å². The lowest BCUT2D eigenvalue weighted by molar-refractivity contribution is -0.135. The van der Waals surface area contributed by atoms with Crippen LogP contribution < -0.4 is 5.32 Å². The molecule has 0 spiro atoms. The molecule has 1 unspecified atom stereocenters. The van der Waals surface area contributed by atoms with E-state index in [2.05, 4.69) is 5.32 Å². The molecule has 1 N–H and O–H groups in total. The van der Waals surface area contributed by atoms with Crippen LogP contribution >= 0.6 is 0 Å². The molecule has 1 rings (SSSR count). The minimum absolute atomic E-state index is 0.0857. The van der Waals surface area contributed by atoms with Gasteiger partial charge in [0.1, 0.15) is 0 Å². The lowest BCUT2D eigenvalue weighted by atomic mass is 10.1. The van der Waals surface area contributed by atoms with Gasteiger partial charge in [-0.25, -0.2) is 0 Å². The smallest absolute Gasteiger partial charge is 0.308 e. The summed E-state index contributed by atoms with van der Waals surface area (Å²) in [6, 6.07) is 10.1. The molecular weight excluding hydrogens is 239 g/mol. The molecule has 0 aliphatic carbocycles. The van der Waals surface area contributed by atoms with Crippen LogP contribution in [0.5, 0.6) is 0 Å². The molecule has 2 atom stereocenters. The fraction of sp³-hybridized carbons (Fsp3) is 0.571. The van der Waals surface area contributed by atoms with E-state index in [1.807, 2.05) is 44.2 Å². The monoisotopic (exact) mass is 259 g/mol. The minimum atomic E-state index is -4.04. The van der Waals surface area contributed by atoms with E-state index in [9.17, 15) is 13.2 Å². The average molecular weight is 259 g/mol. The van der Waals surface area contributed by atoms with Crippen molar-refractivity contribution < 1.29 is 13.2 Å². The summed E-state index contributed by atoms with van der Waals surface area (Å²) in [6.07, 6.45) is -4.01. The fourth-order valence-electron chi connectivity index (χ4n) is 1.96. The quantitative estimate of drug-likeness (QED) is 0.795. The Labute approximate surface area is 106 Å². The molecule has 1 aromatic rings. The zero-order chi connectivity index (χ0) is 13.6. The van der Waals surface area contributed by atoms with Gasteiger partial charge < -0.3 is 5.32 Å². The van der Waals surface area contributed by atoms with E-state index in [0.29, 0.717) is 6.42 Å². The average Bonchev–Trinajstić information content (AvgIpc) is 2.28. The molecule has 0 radical (unpaired) electrons. The molecule has 1 aromatic carbocycles. The molecule has 18 heavy (non-hydrogen) atoms. The summed E-state index contributed by atoms with van der Waals surface area (Å²) in [7, 11) is 0.